The number of amides is 4. The van der Waals surface area contributed by atoms with Gasteiger partial charge in [-0.15, -0.1) is 0 Å². The second kappa shape index (κ2) is 11.2. The van der Waals surface area contributed by atoms with Gasteiger partial charge in [-0.3, -0.25) is 20.2 Å². The Hall–Kier alpha value is -4.64. The van der Waals surface area contributed by atoms with E-state index in [-0.39, 0.29) is 24.6 Å². The number of methoxy groups -OCH3 is 1. The highest BCUT2D eigenvalue weighted by Crippen LogP contribution is 2.43. The summed E-state index contributed by atoms with van der Waals surface area (Å²) in [4.78, 5) is 56.5. The first kappa shape index (κ1) is 26.9. The molecule has 12 heteroatoms. The number of anilines is 2. The zero-order valence-corrected chi connectivity index (χ0v) is 22.2. The number of aromatic nitrogens is 1. The Morgan fingerprint density at radius 1 is 1.18 bits per heavy atom. The standard InChI is InChI=1S/C28H26ClN5O6/c1-39-26(37)31-19-8-10-22(30-15-19)24(35)32-23(13-17-5-3-2-4-6-17)25(36)34-12-11-28(16-34)20-14-18(29)7-9-21(20)33-27(38)40-28/h2-10,14-15,23H,11-13,16H2,1H3,(H,31,37)(H,32,35)(H,33,38)/t23-,28?/m0/s1. The van der Waals surface area contributed by atoms with Crippen LogP contribution in [-0.2, 0) is 26.3 Å². The highest BCUT2D eigenvalue weighted by molar-refractivity contribution is 6.30. The monoisotopic (exact) mass is 563 g/mol. The SMILES string of the molecule is COC(=O)Nc1ccc(C(=O)N[C@@H](Cc2ccccc2)C(=O)N2CCC3(C2)OC(=O)Nc2ccc(Cl)cc23)nc1. The maximum absolute atomic E-state index is 13.9. The number of nitrogens with zero attached hydrogens (tertiary/aromatic N) is 2. The minimum atomic E-state index is -1.05. The molecule has 1 aromatic heterocycles. The molecule has 2 aliphatic rings. The largest absolute Gasteiger partial charge is 0.453 e. The average Bonchev–Trinajstić information content (AvgIpc) is 3.37. The third kappa shape index (κ3) is 5.69. The van der Waals surface area contributed by atoms with Gasteiger partial charge in [-0.2, -0.15) is 0 Å². The van der Waals surface area contributed by atoms with E-state index >= 15 is 0 Å². The van der Waals surface area contributed by atoms with Crippen molar-refractivity contribution in [3.63, 3.8) is 0 Å². The predicted octanol–water partition coefficient (Wildman–Crippen LogP) is 3.94. The molecule has 4 amide bonds. The van der Waals surface area contributed by atoms with E-state index in [1.54, 1.807) is 23.1 Å². The predicted molar refractivity (Wildman–Crippen MR) is 146 cm³/mol. The van der Waals surface area contributed by atoms with Gasteiger partial charge >= 0.3 is 12.2 Å². The van der Waals surface area contributed by atoms with Crippen LogP contribution in [0.5, 0.6) is 0 Å². The van der Waals surface area contributed by atoms with E-state index in [1.165, 1.54) is 25.4 Å². The Labute approximate surface area is 234 Å². The number of ether oxygens (including phenoxy) is 2. The maximum atomic E-state index is 13.9. The Kier molecular flexibility index (Phi) is 7.56. The van der Waals surface area contributed by atoms with E-state index in [0.29, 0.717) is 34.9 Å². The van der Waals surface area contributed by atoms with Crippen molar-refractivity contribution in [1.29, 1.82) is 0 Å². The summed E-state index contributed by atoms with van der Waals surface area (Å²) < 4.78 is 10.3. The summed E-state index contributed by atoms with van der Waals surface area (Å²) in [5.41, 5.74) is 1.49. The highest BCUT2D eigenvalue weighted by atomic mass is 35.5. The molecule has 1 fully saturated rings. The third-order valence-electron chi connectivity index (χ3n) is 6.85. The number of benzene rings is 2. The number of rotatable bonds is 6. The van der Waals surface area contributed by atoms with E-state index in [4.69, 9.17) is 16.3 Å². The molecule has 1 spiro atoms. The van der Waals surface area contributed by atoms with Gasteiger partial charge in [0.2, 0.25) is 5.91 Å². The van der Waals surface area contributed by atoms with E-state index in [0.717, 1.165) is 5.56 Å². The summed E-state index contributed by atoms with van der Waals surface area (Å²) in [6, 6.07) is 16.5. The topological polar surface area (TPSA) is 139 Å². The van der Waals surface area contributed by atoms with Crippen LogP contribution in [0.15, 0.2) is 66.9 Å². The van der Waals surface area contributed by atoms with Gasteiger partial charge in [0.05, 0.1) is 31.2 Å². The summed E-state index contributed by atoms with van der Waals surface area (Å²) in [5, 5.41) is 8.44. The number of carbonyl (C=O) groups is 4. The lowest BCUT2D eigenvalue weighted by atomic mass is 9.90. The molecule has 1 saturated heterocycles. The number of hydrogen-bond acceptors (Lipinski definition) is 7. The number of nitrogens with one attached hydrogen (secondary N) is 3. The van der Waals surface area contributed by atoms with Gasteiger partial charge in [-0.05, 0) is 35.9 Å². The average molecular weight is 564 g/mol. The van der Waals surface area contributed by atoms with Crippen LogP contribution in [0.25, 0.3) is 0 Å². The molecule has 0 radical (unpaired) electrons. The smallest absolute Gasteiger partial charge is 0.412 e. The van der Waals surface area contributed by atoms with Crippen LogP contribution in [0.4, 0.5) is 21.0 Å². The second-order valence-electron chi connectivity index (χ2n) is 9.47. The van der Waals surface area contributed by atoms with E-state index in [1.807, 2.05) is 30.3 Å². The van der Waals surface area contributed by atoms with Crippen LogP contribution in [0.3, 0.4) is 0 Å². The fourth-order valence-electron chi connectivity index (χ4n) is 4.92. The molecule has 3 N–H and O–H groups in total. The van der Waals surface area contributed by atoms with Crippen molar-refractivity contribution in [2.24, 2.45) is 0 Å². The van der Waals surface area contributed by atoms with Crippen LogP contribution < -0.4 is 16.0 Å². The third-order valence-corrected chi connectivity index (χ3v) is 7.09. The number of likely N-dealkylation sites (tertiary alicyclic amines) is 1. The lowest BCUT2D eigenvalue weighted by Gasteiger charge is -2.35. The molecule has 2 aliphatic heterocycles. The molecule has 0 bridgehead atoms. The van der Waals surface area contributed by atoms with E-state index < -0.39 is 29.7 Å². The molecule has 3 aromatic rings. The van der Waals surface area contributed by atoms with Crippen LogP contribution >= 0.6 is 11.6 Å². The maximum Gasteiger partial charge on any atom is 0.412 e. The summed E-state index contributed by atoms with van der Waals surface area (Å²) in [6.07, 6.45) is 0.662. The minimum Gasteiger partial charge on any atom is -0.453 e. The number of hydrogen-bond donors (Lipinski definition) is 3. The van der Waals surface area contributed by atoms with Gasteiger partial charge in [0, 0.05) is 30.0 Å². The van der Waals surface area contributed by atoms with Gasteiger partial charge in [0.15, 0.2) is 5.60 Å². The number of halogens is 1. The Bertz CT molecular complexity index is 1450. The highest BCUT2D eigenvalue weighted by Gasteiger charge is 2.49. The van der Waals surface area contributed by atoms with Crippen molar-refractivity contribution < 1.29 is 28.7 Å². The Morgan fingerprint density at radius 3 is 2.70 bits per heavy atom. The zero-order chi connectivity index (χ0) is 28.3. The molecule has 1 unspecified atom stereocenters. The summed E-state index contributed by atoms with van der Waals surface area (Å²) in [6.45, 7) is 0.422. The van der Waals surface area contributed by atoms with Crippen molar-refractivity contribution in [1.82, 2.24) is 15.2 Å². The first-order chi connectivity index (χ1) is 19.3. The van der Waals surface area contributed by atoms with Crippen LogP contribution in [-0.4, -0.2) is 60.1 Å². The van der Waals surface area contributed by atoms with Crippen molar-refractivity contribution in [3.05, 3.63) is 88.7 Å². The van der Waals surface area contributed by atoms with Gasteiger partial charge in [0.1, 0.15) is 11.7 Å². The molecule has 0 aliphatic carbocycles. The van der Waals surface area contributed by atoms with Crippen LogP contribution in [0.1, 0.15) is 28.0 Å². The van der Waals surface area contributed by atoms with Crippen LogP contribution in [0, 0.1) is 0 Å². The Morgan fingerprint density at radius 2 is 1.98 bits per heavy atom. The number of pyridine rings is 1. The quantitative estimate of drug-likeness (QED) is 0.413. The zero-order valence-electron chi connectivity index (χ0n) is 21.5. The molecule has 2 atom stereocenters. The molecule has 11 nitrogen and oxygen atoms in total. The molecular weight excluding hydrogens is 538 g/mol. The van der Waals surface area contributed by atoms with Crippen molar-refractivity contribution >= 4 is 47.0 Å². The summed E-state index contributed by atoms with van der Waals surface area (Å²) in [5.74, 6) is -0.880. The van der Waals surface area contributed by atoms with Crippen molar-refractivity contribution in [3.8, 4) is 0 Å². The van der Waals surface area contributed by atoms with Gasteiger partial charge in [-0.1, -0.05) is 41.9 Å². The normalized spacial score (nSPS) is 18.2. The van der Waals surface area contributed by atoms with Crippen molar-refractivity contribution in [2.75, 3.05) is 30.8 Å². The Balaban J connectivity index is 1.36. The fourth-order valence-corrected chi connectivity index (χ4v) is 5.09. The van der Waals surface area contributed by atoms with Gasteiger partial charge in [0.25, 0.3) is 5.91 Å². The van der Waals surface area contributed by atoms with Gasteiger partial charge in [-0.25, -0.2) is 14.6 Å². The summed E-state index contributed by atoms with van der Waals surface area (Å²) >= 11 is 6.24. The first-order valence-electron chi connectivity index (χ1n) is 12.5. The van der Waals surface area contributed by atoms with E-state index in [2.05, 4.69) is 25.7 Å². The van der Waals surface area contributed by atoms with E-state index in [9.17, 15) is 19.2 Å². The fraction of sp³-hybridized carbons (Fsp3) is 0.250. The number of fused-ring (bicyclic) bond motifs is 2. The summed E-state index contributed by atoms with van der Waals surface area (Å²) in [7, 11) is 1.24. The lowest BCUT2D eigenvalue weighted by Crippen LogP contribution is -2.50. The molecule has 5 rings (SSSR count). The molecule has 206 valence electrons. The van der Waals surface area contributed by atoms with Gasteiger partial charge < -0.3 is 19.7 Å². The molecule has 0 saturated carbocycles. The first-order valence-corrected chi connectivity index (χ1v) is 12.9. The van der Waals surface area contributed by atoms with Crippen LogP contribution in [0.2, 0.25) is 5.02 Å². The number of carbonyl (C=O) groups excluding carboxylic acids is 4. The molecular formula is C28H26ClN5O6. The molecule has 2 aromatic carbocycles. The molecule has 40 heavy (non-hydrogen) atoms. The van der Waals surface area contributed by atoms with Crippen molar-refractivity contribution in [2.45, 2.75) is 24.5 Å². The lowest BCUT2D eigenvalue weighted by molar-refractivity contribution is -0.133. The second-order valence-corrected chi connectivity index (χ2v) is 9.91. The minimum absolute atomic E-state index is 0.0648. The molecule has 3 heterocycles.